The summed E-state index contributed by atoms with van der Waals surface area (Å²) in [5, 5.41) is 12.1. The third-order valence-electron chi connectivity index (χ3n) is 5.42. The molecule has 30 heavy (non-hydrogen) atoms. The Balaban J connectivity index is 0.000000269. The van der Waals surface area contributed by atoms with Gasteiger partial charge in [-0.05, 0) is 86.3 Å². The summed E-state index contributed by atoms with van der Waals surface area (Å²) >= 11 is 3.97. The van der Waals surface area contributed by atoms with Crippen LogP contribution in [0.15, 0.2) is 65.8 Å². The van der Waals surface area contributed by atoms with Gasteiger partial charge in [0.1, 0.15) is 5.82 Å². The second-order valence-corrected chi connectivity index (χ2v) is 8.05. The van der Waals surface area contributed by atoms with E-state index in [1.165, 1.54) is 54.7 Å². The Morgan fingerprint density at radius 1 is 1.17 bits per heavy atom. The molecular weight excluding hydrogens is 395 g/mol. The van der Waals surface area contributed by atoms with Gasteiger partial charge in [-0.15, -0.1) is 12.6 Å². The van der Waals surface area contributed by atoms with Crippen molar-refractivity contribution < 1.29 is 4.39 Å². The zero-order valence-corrected chi connectivity index (χ0v) is 17.9. The average Bonchev–Trinajstić information content (AvgIpc) is 2.97. The number of nitrogens with zero attached hydrogens (tertiary/aromatic N) is 1. The third-order valence-corrected chi connectivity index (χ3v) is 5.71. The van der Waals surface area contributed by atoms with Gasteiger partial charge in [0.15, 0.2) is 0 Å². The van der Waals surface area contributed by atoms with Crippen molar-refractivity contribution in [2.24, 2.45) is 11.7 Å². The fraction of sp³-hybridized carbons (Fsp3) is 0.292. The minimum absolute atomic E-state index is 0.220. The summed E-state index contributed by atoms with van der Waals surface area (Å²) in [6.45, 7) is 3.39. The number of halogens is 1. The molecule has 1 aromatic heterocycles. The van der Waals surface area contributed by atoms with E-state index in [0.29, 0.717) is 0 Å². The molecule has 1 unspecified atom stereocenters. The van der Waals surface area contributed by atoms with Crippen LogP contribution in [0.25, 0.3) is 16.5 Å². The number of aromatic nitrogens is 1. The van der Waals surface area contributed by atoms with Gasteiger partial charge in [-0.25, -0.2) is 4.39 Å². The second kappa shape index (κ2) is 11.0. The van der Waals surface area contributed by atoms with Crippen LogP contribution >= 0.6 is 12.6 Å². The minimum atomic E-state index is -0.220. The molecule has 0 aliphatic carbocycles. The predicted molar refractivity (Wildman–Crippen MR) is 127 cm³/mol. The van der Waals surface area contributed by atoms with E-state index in [2.05, 4.69) is 53.0 Å². The van der Waals surface area contributed by atoms with E-state index in [9.17, 15) is 4.39 Å². The summed E-state index contributed by atoms with van der Waals surface area (Å²) in [6.07, 6.45) is 8.81. The van der Waals surface area contributed by atoms with Crippen molar-refractivity contribution in [2.45, 2.75) is 30.7 Å². The molecule has 1 aliphatic rings. The van der Waals surface area contributed by atoms with Crippen LogP contribution in [0.1, 0.15) is 24.8 Å². The van der Waals surface area contributed by atoms with Crippen molar-refractivity contribution in [3.63, 3.8) is 0 Å². The van der Waals surface area contributed by atoms with Crippen LogP contribution in [0.3, 0.4) is 0 Å². The molecule has 2 heterocycles. The summed E-state index contributed by atoms with van der Waals surface area (Å²) < 4.78 is 14.4. The van der Waals surface area contributed by atoms with E-state index in [0.717, 1.165) is 41.6 Å². The molecule has 0 radical (unpaired) electrons. The van der Waals surface area contributed by atoms with Crippen LogP contribution in [0.4, 0.5) is 4.39 Å². The first-order valence-electron chi connectivity index (χ1n) is 10.3. The number of allylic oxidation sites excluding steroid dienone is 1. The van der Waals surface area contributed by atoms with Crippen molar-refractivity contribution in [1.82, 2.24) is 9.88 Å². The fourth-order valence-electron chi connectivity index (χ4n) is 3.76. The normalized spacial score (nSPS) is 17.1. The molecule has 1 aliphatic heterocycles. The molecule has 1 fully saturated rings. The largest absolute Gasteiger partial charge is 0.404 e. The van der Waals surface area contributed by atoms with Gasteiger partial charge in [0.25, 0.3) is 0 Å². The molecule has 4 nitrogen and oxygen atoms in total. The molecule has 3 aromatic rings. The number of benzene rings is 2. The van der Waals surface area contributed by atoms with Gasteiger partial charge in [-0.1, -0.05) is 6.07 Å². The van der Waals surface area contributed by atoms with Gasteiger partial charge < -0.3 is 21.0 Å². The summed E-state index contributed by atoms with van der Waals surface area (Å²) in [4.78, 5) is 0.784. The molecule has 1 saturated heterocycles. The van der Waals surface area contributed by atoms with Crippen LogP contribution in [-0.4, -0.2) is 23.9 Å². The van der Waals surface area contributed by atoms with E-state index in [-0.39, 0.29) is 5.82 Å². The molecule has 1 atom stereocenters. The third kappa shape index (κ3) is 5.97. The van der Waals surface area contributed by atoms with Crippen molar-refractivity contribution in [3.05, 3.63) is 72.3 Å². The zero-order valence-electron chi connectivity index (χ0n) is 17.0. The van der Waals surface area contributed by atoms with Gasteiger partial charge in [-0.3, -0.25) is 0 Å². The first-order chi connectivity index (χ1) is 14.6. The Morgan fingerprint density at radius 3 is 2.67 bits per heavy atom. The van der Waals surface area contributed by atoms with Gasteiger partial charge in [0.05, 0.1) is 0 Å². The quantitative estimate of drug-likeness (QED) is 0.348. The molecule has 0 amide bonds. The Hall–Kier alpha value is -2.57. The first kappa shape index (κ1) is 22.1. The van der Waals surface area contributed by atoms with Gasteiger partial charge in [0.2, 0.25) is 0 Å². The molecule has 4 rings (SSSR count). The Kier molecular flexibility index (Phi) is 8.11. The topological polar surface area (TPSA) is 66.8 Å². The Morgan fingerprint density at radius 2 is 1.97 bits per heavy atom. The van der Waals surface area contributed by atoms with E-state index >= 15 is 0 Å². The monoisotopic (exact) mass is 424 g/mol. The number of thiol groups is 1. The summed E-state index contributed by atoms with van der Waals surface area (Å²) in [5.74, 6) is 0.536. The van der Waals surface area contributed by atoms with Crippen LogP contribution in [0, 0.1) is 17.1 Å². The molecule has 0 bridgehead atoms. The lowest BCUT2D eigenvalue weighted by Crippen LogP contribution is -2.15. The number of nitrogens with one attached hydrogen (secondary N) is 2. The fourth-order valence-corrected chi connectivity index (χ4v) is 3.91. The van der Waals surface area contributed by atoms with Gasteiger partial charge in [0, 0.05) is 46.5 Å². The number of hydrogen-bond acceptors (Lipinski definition) is 4. The minimum Gasteiger partial charge on any atom is -0.404 e. The first-order valence-corrected chi connectivity index (χ1v) is 10.7. The van der Waals surface area contributed by atoms with E-state index in [1.807, 2.05) is 0 Å². The molecule has 158 valence electrons. The highest BCUT2D eigenvalue weighted by atomic mass is 32.1. The van der Waals surface area contributed by atoms with Crippen LogP contribution < -0.4 is 11.1 Å². The maximum atomic E-state index is 12.1. The molecule has 0 spiro atoms. The predicted octanol–water partition coefficient (Wildman–Crippen LogP) is 5.09. The van der Waals surface area contributed by atoms with Gasteiger partial charge in [-0.2, -0.15) is 0 Å². The van der Waals surface area contributed by atoms with E-state index < -0.39 is 0 Å². The maximum Gasteiger partial charge on any atom is 0.123 e. The highest BCUT2D eigenvalue weighted by molar-refractivity contribution is 7.80. The van der Waals surface area contributed by atoms with Crippen LogP contribution in [0.2, 0.25) is 0 Å². The smallest absolute Gasteiger partial charge is 0.123 e. The molecule has 0 saturated carbocycles. The highest BCUT2D eigenvalue weighted by Crippen LogP contribution is 2.24. The SMILES string of the molecule is Fc1ccc(S)cc1.N=C/C(=C\N)c1ccc2c(ccn2CC2CCCNCC2)c1. The molecule has 2 aromatic carbocycles. The van der Waals surface area contributed by atoms with Crippen molar-refractivity contribution in [2.75, 3.05) is 13.1 Å². The van der Waals surface area contributed by atoms with Crippen molar-refractivity contribution in [1.29, 1.82) is 5.41 Å². The standard InChI is InChI=1S/C18H24N4.C6H5FS/c19-11-17(12-20)15-3-4-18-16(10-15)6-9-22(18)13-14-2-1-7-21-8-5-14;7-5-1-3-6(8)4-2-5/h3-4,6,9-12,14,19,21H,1-2,5,7-8,13,20H2;1-4,8H/b17-12+,19-11?;. The van der Waals surface area contributed by atoms with Crippen LogP contribution in [0.5, 0.6) is 0 Å². The van der Waals surface area contributed by atoms with Crippen molar-refractivity contribution >= 4 is 35.3 Å². The van der Waals surface area contributed by atoms with Gasteiger partial charge >= 0.3 is 0 Å². The zero-order chi connectivity index (χ0) is 21.3. The molecule has 6 heteroatoms. The Labute approximate surface area is 182 Å². The summed E-state index contributed by atoms with van der Waals surface area (Å²) in [7, 11) is 0. The molecular formula is C24H29FN4S. The number of nitrogens with two attached hydrogens (primary N) is 1. The lowest BCUT2D eigenvalue weighted by atomic mass is 10.0. The second-order valence-electron chi connectivity index (χ2n) is 7.53. The summed E-state index contributed by atoms with van der Waals surface area (Å²) in [6, 6.07) is 14.4. The van der Waals surface area contributed by atoms with Crippen molar-refractivity contribution in [3.8, 4) is 0 Å². The number of fused-ring (bicyclic) bond motifs is 1. The Bertz CT molecular complexity index is 965. The summed E-state index contributed by atoms with van der Waals surface area (Å²) in [5.41, 5.74) is 8.60. The molecule has 4 N–H and O–H groups in total. The number of rotatable bonds is 4. The number of hydrogen-bond donors (Lipinski definition) is 4. The van der Waals surface area contributed by atoms with E-state index in [1.54, 1.807) is 12.1 Å². The maximum absolute atomic E-state index is 12.1. The van der Waals surface area contributed by atoms with Crippen LogP contribution in [-0.2, 0) is 6.54 Å². The average molecular weight is 425 g/mol. The lowest BCUT2D eigenvalue weighted by Gasteiger charge is -2.15. The van der Waals surface area contributed by atoms with E-state index in [4.69, 9.17) is 11.1 Å². The lowest BCUT2D eigenvalue weighted by molar-refractivity contribution is 0.410. The highest BCUT2D eigenvalue weighted by Gasteiger charge is 2.13.